The number of rotatable bonds is 14. The van der Waals surface area contributed by atoms with Gasteiger partial charge in [0.25, 0.3) is 5.91 Å². The lowest BCUT2D eigenvalue weighted by atomic mass is 10.1. The minimum atomic E-state index is -0.117. The average molecular weight is 478 g/mol. The molecule has 0 aliphatic rings. The zero-order valence-corrected chi connectivity index (χ0v) is 21.1. The summed E-state index contributed by atoms with van der Waals surface area (Å²) in [6, 6.07) is 15.3. The van der Waals surface area contributed by atoms with Crippen LogP contribution in [0.1, 0.15) is 74.2 Å². The Morgan fingerprint density at radius 1 is 0.971 bits per heavy atom. The molecule has 0 saturated heterocycles. The topological polar surface area (TPSA) is 74.6 Å². The first kappa shape index (κ1) is 26.3. The number of nitrogens with zero attached hydrogens (tertiary/aromatic N) is 2. The van der Waals surface area contributed by atoms with Crippen LogP contribution in [0.5, 0.6) is 5.75 Å². The van der Waals surface area contributed by atoms with Gasteiger partial charge in [-0.15, -0.1) is 0 Å². The fourth-order valence-electron chi connectivity index (χ4n) is 4.32. The normalized spacial score (nSPS) is 11.0. The molecule has 0 radical (unpaired) electrons. The lowest BCUT2D eigenvalue weighted by molar-refractivity contribution is -0.130. The zero-order chi connectivity index (χ0) is 25.0. The minimum absolute atomic E-state index is 0.117. The molecule has 0 bridgehead atoms. The van der Waals surface area contributed by atoms with Gasteiger partial charge in [0.05, 0.1) is 5.56 Å². The average Bonchev–Trinajstić information content (AvgIpc) is 3.21. The molecule has 6 heteroatoms. The predicted molar refractivity (Wildman–Crippen MR) is 142 cm³/mol. The van der Waals surface area contributed by atoms with Crippen molar-refractivity contribution in [2.75, 3.05) is 20.1 Å². The van der Waals surface area contributed by atoms with Crippen molar-refractivity contribution in [1.29, 1.82) is 0 Å². The van der Waals surface area contributed by atoms with Gasteiger partial charge in [0.1, 0.15) is 5.75 Å². The Hall–Kier alpha value is -3.28. The first-order valence-corrected chi connectivity index (χ1v) is 12.9. The highest BCUT2D eigenvalue weighted by atomic mass is 16.3. The number of hydrogen-bond acceptors (Lipinski definition) is 3. The van der Waals surface area contributed by atoms with Crippen LogP contribution in [0.25, 0.3) is 10.9 Å². The molecule has 0 aliphatic carbocycles. The predicted octanol–water partition coefficient (Wildman–Crippen LogP) is 5.72. The molecule has 0 saturated carbocycles. The Bertz CT molecular complexity index is 1090. The van der Waals surface area contributed by atoms with E-state index in [0.717, 1.165) is 68.0 Å². The Morgan fingerprint density at radius 3 is 2.49 bits per heavy atom. The number of nitrogens with one attached hydrogen (secondary N) is 1. The molecule has 3 aromatic rings. The van der Waals surface area contributed by atoms with Gasteiger partial charge in [-0.2, -0.15) is 0 Å². The maximum Gasteiger partial charge on any atom is 0.253 e. The van der Waals surface area contributed by atoms with E-state index in [9.17, 15) is 14.7 Å². The van der Waals surface area contributed by atoms with Crippen molar-refractivity contribution in [3.63, 3.8) is 0 Å². The third-order valence-electron chi connectivity index (χ3n) is 6.43. The zero-order valence-electron chi connectivity index (χ0n) is 21.1. The Labute approximate surface area is 208 Å². The lowest BCUT2D eigenvalue weighted by Crippen LogP contribution is -2.27. The van der Waals surface area contributed by atoms with E-state index in [2.05, 4.69) is 28.9 Å². The summed E-state index contributed by atoms with van der Waals surface area (Å²) in [5, 5.41) is 13.8. The third kappa shape index (κ3) is 7.88. The van der Waals surface area contributed by atoms with Crippen molar-refractivity contribution >= 4 is 22.7 Å². The smallest absolute Gasteiger partial charge is 0.253 e. The first-order chi connectivity index (χ1) is 17.0. The number of aromatic nitrogens is 1. The Balaban J connectivity index is 1.44. The molecule has 188 valence electrons. The van der Waals surface area contributed by atoms with Crippen LogP contribution in [0.2, 0.25) is 0 Å². The Morgan fingerprint density at radius 2 is 1.71 bits per heavy atom. The number of amides is 2. The second-order valence-corrected chi connectivity index (χ2v) is 9.30. The summed E-state index contributed by atoms with van der Waals surface area (Å²) >= 11 is 0. The van der Waals surface area contributed by atoms with Crippen LogP contribution in [0.3, 0.4) is 0 Å². The number of aromatic hydroxyl groups is 1. The molecule has 0 aliphatic heterocycles. The highest BCUT2D eigenvalue weighted by molar-refractivity contribution is 6.07. The molecule has 35 heavy (non-hydrogen) atoms. The van der Waals surface area contributed by atoms with E-state index >= 15 is 0 Å². The number of hydrogen-bond donors (Lipinski definition) is 2. The maximum absolute atomic E-state index is 12.9. The van der Waals surface area contributed by atoms with Gasteiger partial charge in [0.15, 0.2) is 0 Å². The summed E-state index contributed by atoms with van der Waals surface area (Å²) in [5.41, 5.74) is 2.66. The molecule has 1 aromatic heterocycles. The van der Waals surface area contributed by atoms with Crippen molar-refractivity contribution in [3.05, 3.63) is 65.9 Å². The van der Waals surface area contributed by atoms with Crippen molar-refractivity contribution in [3.8, 4) is 5.75 Å². The quantitative estimate of drug-likeness (QED) is 0.292. The second kappa shape index (κ2) is 13.6. The third-order valence-corrected chi connectivity index (χ3v) is 6.43. The Kier molecular flexibility index (Phi) is 10.2. The minimum Gasteiger partial charge on any atom is -0.508 e. The van der Waals surface area contributed by atoms with Crippen molar-refractivity contribution < 1.29 is 14.7 Å². The van der Waals surface area contributed by atoms with Gasteiger partial charge in [-0.05, 0) is 43.0 Å². The van der Waals surface area contributed by atoms with E-state index in [-0.39, 0.29) is 17.6 Å². The van der Waals surface area contributed by atoms with Gasteiger partial charge >= 0.3 is 0 Å². The number of phenolic OH excluding ortho intramolecular Hbond substituents is 1. The van der Waals surface area contributed by atoms with Crippen LogP contribution in [-0.4, -0.2) is 46.5 Å². The summed E-state index contributed by atoms with van der Waals surface area (Å²) in [6.07, 6.45) is 9.61. The van der Waals surface area contributed by atoms with Crippen LogP contribution in [0.15, 0.2) is 54.7 Å². The number of unbranched alkanes of at least 4 members (excludes halogenated alkanes) is 5. The molecular weight excluding hydrogens is 438 g/mol. The number of benzene rings is 2. The molecule has 2 amide bonds. The highest BCUT2D eigenvalue weighted by Gasteiger charge is 2.16. The van der Waals surface area contributed by atoms with Crippen LogP contribution < -0.4 is 5.32 Å². The molecule has 3 rings (SSSR count). The van der Waals surface area contributed by atoms with Gasteiger partial charge in [-0.1, -0.05) is 62.9 Å². The van der Waals surface area contributed by atoms with Crippen molar-refractivity contribution in [2.45, 2.75) is 64.8 Å². The van der Waals surface area contributed by atoms with E-state index in [4.69, 9.17) is 0 Å². The van der Waals surface area contributed by atoms with Crippen molar-refractivity contribution in [1.82, 2.24) is 14.8 Å². The summed E-state index contributed by atoms with van der Waals surface area (Å²) < 4.78 is 2.06. The van der Waals surface area contributed by atoms with Gasteiger partial charge in [-0.25, -0.2) is 0 Å². The van der Waals surface area contributed by atoms with E-state index in [1.165, 1.54) is 0 Å². The van der Waals surface area contributed by atoms with Crippen LogP contribution >= 0.6 is 0 Å². The van der Waals surface area contributed by atoms with E-state index < -0.39 is 0 Å². The molecule has 0 fully saturated rings. The molecule has 0 unspecified atom stereocenters. The number of phenols is 1. The van der Waals surface area contributed by atoms with Gasteiger partial charge in [0.2, 0.25) is 5.91 Å². The van der Waals surface area contributed by atoms with Gasteiger partial charge in [-0.3, -0.25) is 9.59 Å². The van der Waals surface area contributed by atoms with E-state index in [1.54, 1.807) is 12.1 Å². The molecule has 6 nitrogen and oxygen atoms in total. The first-order valence-electron chi connectivity index (χ1n) is 12.9. The van der Waals surface area contributed by atoms with E-state index in [1.807, 2.05) is 42.4 Å². The maximum atomic E-state index is 12.9. The van der Waals surface area contributed by atoms with Crippen molar-refractivity contribution in [2.24, 2.45) is 0 Å². The SMILES string of the molecule is CCCCN(C)C(=O)CCCCCCCNC(=O)c1cn(Cc2ccccc2)c2ccc(O)cc12. The highest BCUT2D eigenvalue weighted by Crippen LogP contribution is 2.26. The number of carbonyl (C=O) groups is 2. The molecular formula is C29H39N3O3. The monoisotopic (exact) mass is 477 g/mol. The molecule has 0 atom stereocenters. The summed E-state index contributed by atoms with van der Waals surface area (Å²) in [4.78, 5) is 26.9. The van der Waals surface area contributed by atoms with Crippen LogP contribution in [-0.2, 0) is 11.3 Å². The fourth-order valence-corrected chi connectivity index (χ4v) is 4.32. The molecule has 2 aromatic carbocycles. The van der Waals surface area contributed by atoms with E-state index in [0.29, 0.717) is 25.1 Å². The molecule has 2 N–H and O–H groups in total. The summed E-state index contributed by atoms with van der Waals surface area (Å²) in [5.74, 6) is 0.273. The number of fused-ring (bicyclic) bond motifs is 1. The standard InChI is InChI=1S/C29H39N3O3/c1-3-4-19-31(2)28(34)15-11-6-5-7-12-18-30-29(35)26-22-32(21-23-13-9-8-10-14-23)27-17-16-24(33)20-25(26)27/h8-10,13-14,16-17,20,22,33H,3-7,11-12,15,18-19,21H2,1-2H3,(H,30,35). The lowest BCUT2D eigenvalue weighted by Gasteiger charge is -2.16. The summed E-state index contributed by atoms with van der Waals surface area (Å²) in [6.45, 7) is 4.25. The van der Waals surface area contributed by atoms with Gasteiger partial charge < -0.3 is 19.9 Å². The van der Waals surface area contributed by atoms with Gasteiger partial charge in [0, 0.05) is 50.2 Å². The van der Waals surface area contributed by atoms with Crippen LogP contribution in [0.4, 0.5) is 0 Å². The summed E-state index contributed by atoms with van der Waals surface area (Å²) in [7, 11) is 1.89. The second-order valence-electron chi connectivity index (χ2n) is 9.30. The molecule has 0 spiro atoms. The largest absolute Gasteiger partial charge is 0.508 e. The van der Waals surface area contributed by atoms with Crippen LogP contribution in [0, 0.1) is 0 Å². The fraction of sp³-hybridized carbons (Fsp3) is 0.448. The number of carbonyl (C=O) groups excluding carboxylic acids is 2. The molecule has 1 heterocycles.